The largest absolute Gasteiger partial charge is 0.376 e. The maximum atomic E-state index is 5.57. The lowest BCUT2D eigenvalue weighted by Gasteiger charge is -2.14. The smallest absolute Gasteiger partial charge is 0.170 e. The van der Waals surface area contributed by atoms with Gasteiger partial charge in [0.1, 0.15) is 0 Å². The van der Waals surface area contributed by atoms with Gasteiger partial charge in [0.2, 0.25) is 0 Å². The van der Waals surface area contributed by atoms with Crippen LogP contribution >= 0.6 is 23.6 Å². The Bertz CT molecular complexity index is 635. The van der Waals surface area contributed by atoms with E-state index in [4.69, 9.17) is 17.0 Å². The number of ether oxygens (including phenoxy) is 1. The molecule has 1 fully saturated rings. The molecule has 0 amide bonds. The molecule has 0 radical (unpaired) electrons. The Balaban J connectivity index is 1.59. The monoisotopic (exact) mass is 321 g/mol. The first-order chi connectivity index (χ1) is 10.2. The van der Waals surface area contributed by atoms with Crippen LogP contribution in [0, 0.1) is 0 Å². The molecule has 1 unspecified atom stereocenters. The molecule has 0 aliphatic carbocycles. The molecular weight excluding hydrogens is 302 g/mol. The lowest BCUT2D eigenvalue weighted by Crippen LogP contribution is -2.34. The van der Waals surface area contributed by atoms with Crippen LogP contribution in [0.3, 0.4) is 0 Å². The Morgan fingerprint density at radius 3 is 3.19 bits per heavy atom. The SMILES string of the molecule is CCc1nc2ccc(NC(=S)NCC3CCCO3)cc2s1. The molecule has 6 heteroatoms. The fourth-order valence-electron chi connectivity index (χ4n) is 2.39. The van der Waals surface area contributed by atoms with E-state index in [0.717, 1.165) is 43.6 Å². The van der Waals surface area contributed by atoms with E-state index in [1.54, 1.807) is 11.3 Å². The minimum atomic E-state index is 0.292. The van der Waals surface area contributed by atoms with E-state index in [1.165, 1.54) is 9.71 Å². The second-order valence-electron chi connectivity index (χ2n) is 5.11. The first-order valence-electron chi connectivity index (χ1n) is 7.30. The topological polar surface area (TPSA) is 46.2 Å². The number of hydrogen-bond donors (Lipinski definition) is 2. The van der Waals surface area contributed by atoms with Gasteiger partial charge in [-0.2, -0.15) is 0 Å². The predicted molar refractivity (Wildman–Crippen MR) is 92.2 cm³/mol. The van der Waals surface area contributed by atoms with Crippen LogP contribution in [0.1, 0.15) is 24.8 Å². The minimum Gasteiger partial charge on any atom is -0.376 e. The van der Waals surface area contributed by atoms with Crippen LogP contribution in [0.2, 0.25) is 0 Å². The maximum Gasteiger partial charge on any atom is 0.170 e. The van der Waals surface area contributed by atoms with Crippen LogP contribution < -0.4 is 10.6 Å². The third-order valence-corrected chi connectivity index (χ3v) is 4.92. The summed E-state index contributed by atoms with van der Waals surface area (Å²) in [4.78, 5) is 4.57. The van der Waals surface area contributed by atoms with Crippen molar-refractivity contribution in [3.63, 3.8) is 0 Å². The normalized spacial score (nSPS) is 18.0. The third kappa shape index (κ3) is 3.70. The first-order valence-corrected chi connectivity index (χ1v) is 8.53. The number of thiazole rings is 1. The molecule has 0 spiro atoms. The van der Waals surface area contributed by atoms with E-state index in [0.29, 0.717) is 11.2 Å². The third-order valence-electron chi connectivity index (χ3n) is 3.51. The van der Waals surface area contributed by atoms with Gasteiger partial charge in [-0.3, -0.25) is 0 Å². The summed E-state index contributed by atoms with van der Waals surface area (Å²) in [5.74, 6) is 0. The van der Waals surface area contributed by atoms with Crippen LogP contribution in [-0.4, -0.2) is 29.4 Å². The molecule has 4 nitrogen and oxygen atoms in total. The van der Waals surface area contributed by atoms with Gasteiger partial charge in [0.05, 0.1) is 21.3 Å². The lowest BCUT2D eigenvalue weighted by atomic mass is 10.2. The van der Waals surface area contributed by atoms with Gasteiger partial charge in [0.15, 0.2) is 5.11 Å². The average Bonchev–Trinajstić information content (AvgIpc) is 3.13. The molecule has 0 bridgehead atoms. The number of benzene rings is 1. The van der Waals surface area contributed by atoms with Crippen LogP contribution in [0.15, 0.2) is 18.2 Å². The van der Waals surface area contributed by atoms with E-state index < -0.39 is 0 Å². The second kappa shape index (κ2) is 6.68. The highest BCUT2D eigenvalue weighted by molar-refractivity contribution is 7.80. The highest BCUT2D eigenvalue weighted by Gasteiger charge is 2.15. The van der Waals surface area contributed by atoms with Crippen molar-refractivity contribution >= 4 is 44.6 Å². The van der Waals surface area contributed by atoms with Crippen molar-refractivity contribution < 1.29 is 4.74 Å². The number of rotatable bonds is 4. The Hall–Kier alpha value is -1.24. The molecule has 1 aromatic carbocycles. The summed E-state index contributed by atoms with van der Waals surface area (Å²) < 4.78 is 6.76. The van der Waals surface area contributed by atoms with Crippen LogP contribution in [0.25, 0.3) is 10.2 Å². The number of thiocarbonyl (C=S) groups is 1. The maximum absolute atomic E-state index is 5.57. The zero-order chi connectivity index (χ0) is 14.7. The van der Waals surface area contributed by atoms with Crippen molar-refractivity contribution in [2.45, 2.75) is 32.3 Å². The van der Waals surface area contributed by atoms with Crippen LogP contribution in [-0.2, 0) is 11.2 Å². The minimum absolute atomic E-state index is 0.292. The molecule has 1 atom stereocenters. The average molecular weight is 321 g/mol. The van der Waals surface area contributed by atoms with Gasteiger partial charge in [-0.15, -0.1) is 11.3 Å². The first kappa shape index (κ1) is 14.7. The Kier molecular flexibility index (Phi) is 4.67. The standard InChI is InChI=1S/C15H19N3OS2/c1-2-14-18-12-6-5-10(8-13(12)21-14)17-15(20)16-9-11-4-3-7-19-11/h5-6,8,11H,2-4,7,9H2,1H3,(H2,16,17,20). The Morgan fingerprint density at radius 2 is 2.43 bits per heavy atom. The predicted octanol–water partition coefficient (Wildman–Crippen LogP) is 3.32. The van der Waals surface area contributed by atoms with E-state index in [9.17, 15) is 0 Å². The Labute approximate surface area is 133 Å². The zero-order valence-electron chi connectivity index (χ0n) is 12.0. The van der Waals surface area contributed by atoms with E-state index >= 15 is 0 Å². The summed E-state index contributed by atoms with van der Waals surface area (Å²) in [5.41, 5.74) is 2.05. The molecule has 1 aliphatic heterocycles. The van der Waals surface area contributed by atoms with E-state index in [2.05, 4.69) is 28.6 Å². The molecule has 112 valence electrons. The van der Waals surface area contributed by atoms with Crippen LogP contribution in [0.4, 0.5) is 5.69 Å². The van der Waals surface area contributed by atoms with Crippen molar-refractivity contribution in [2.24, 2.45) is 0 Å². The number of anilines is 1. The number of nitrogens with zero attached hydrogens (tertiary/aromatic N) is 1. The van der Waals surface area contributed by atoms with Crippen molar-refractivity contribution in [1.29, 1.82) is 0 Å². The fraction of sp³-hybridized carbons (Fsp3) is 0.467. The quantitative estimate of drug-likeness (QED) is 0.846. The summed E-state index contributed by atoms with van der Waals surface area (Å²) in [5, 5.41) is 8.26. The molecule has 1 aromatic heterocycles. The summed E-state index contributed by atoms with van der Waals surface area (Å²) in [6.07, 6.45) is 3.53. The summed E-state index contributed by atoms with van der Waals surface area (Å²) in [7, 11) is 0. The Morgan fingerprint density at radius 1 is 1.52 bits per heavy atom. The van der Waals surface area contributed by atoms with Crippen LogP contribution in [0.5, 0.6) is 0 Å². The van der Waals surface area contributed by atoms with Gasteiger partial charge in [-0.05, 0) is 49.7 Å². The number of aromatic nitrogens is 1. The van der Waals surface area contributed by atoms with Gasteiger partial charge in [0, 0.05) is 18.8 Å². The molecule has 21 heavy (non-hydrogen) atoms. The molecule has 2 heterocycles. The summed E-state index contributed by atoms with van der Waals surface area (Å²) >= 11 is 7.07. The molecule has 3 rings (SSSR count). The fourth-order valence-corrected chi connectivity index (χ4v) is 3.54. The molecule has 1 saturated heterocycles. The van der Waals surface area contributed by atoms with Gasteiger partial charge in [-0.25, -0.2) is 4.98 Å². The van der Waals surface area contributed by atoms with Gasteiger partial charge in [-0.1, -0.05) is 6.92 Å². The van der Waals surface area contributed by atoms with E-state index in [-0.39, 0.29) is 0 Å². The lowest BCUT2D eigenvalue weighted by molar-refractivity contribution is 0.114. The number of hydrogen-bond acceptors (Lipinski definition) is 4. The van der Waals surface area contributed by atoms with E-state index in [1.807, 2.05) is 12.1 Å². The van der Waals surface area contributed by atoms with Gasteiger partial charge >= 0.3 is 0 Å². The van der Waals surface area contributed by atoms with Crippen molar-refractivity contribution in [3.05, 3.63) is 23.2 Å². The number of aryl methyl sites for hydroxylation is 1. The highest BCUT2D eigenvalue weighted by Crippen LogP contribution is 2.25. The second-order valence-corrected chi connectivity index (χ2v) is 6.64. The number of fused-ring (bicyclic) bond motifs is 1. The molecule has 2 aromatic rings. The summed E-state index contributed by atoms with van der Waals surface area (Å²) in [6.45, 7) is 3.77. The molecular formula is C15H19N3OS2. The van der Waals surface area contributed by atoms with Gasteiger partial charge < -0.3 is 15.4 Å². The van der Waals surface area contributed by atoms with Crippen molar-refractivity contribution in [2.75, 3.05) is 18.5 Å². The number of nitrogens with one attached hydrogen (secondary N) is 2. The van der Waals surface area contributed by atoms with Gasteiger partial charge in [0.25, 0.3) is 0 Å². The van der Waals surface area contributed by atoms with Crippen molar-refractivity contribution in [3.8, 4) is 0 Å². The molecule has 1 aliphatic rings. The molecule has 2 N–H and O–H groups in total. The zero-order valence-corrected chi connectivity index (χ0v) is 13.6. The highest BCUT2D eigenvalue weighted by atomic mass is 32.1. The molecule has 0 saturated carbocycles. The summed E-state index contributed by atoms with van der Waals surface area (Å²) in [6, 6.07) is 6.16. The van der Waals surface area contributed by atoms with Crippen molar-refractivity contribution in [1.82, 2.24) is 10.3 Å².